The third-order valence-electron chi connectivity index (χ3n) is 6.23. The van der Waals surface area contributed by atoms with E-state index in [0.29, 0.717) is 40.8 Å². The molecule has 2 aromatic carbocycles. The maximum absolute atomic E-state index is 12.3. The SMILES string of the molecule is CC(C)COC(=O)N1CCCC(CCCc2cccc3[nH]c(COc4cc(Cl)cc(Cl)c4)nc23)C1. The molecular weight excluding hydrogens is 485 g/mol. The van der Waals surface area contributed by atoms with Gasteiger partial charge in [-0.1, -0.05) is 49.2 Å². The van der Waals surface area contributed by atoms with Gasteiger partial charge in [-0.25, -0.2) is 9.78 Å². The maximum Gasteiger partial charge on any atom is 0.409 e. The Bertz CT molecular complexity index is 1130. The molecule has 3 aromatic rings. The third kappa shape index (κ3) is 7.28. The Labute approximate surface area is 216 Å². The van der Waals surface area contributed by atoms with E-state index >= 15 is 0 Å². The number of rotatable bonds is 9. The van der Waals surface area contributed by atoms with Crippen LogP contribution in [0.15, 0.2) is 36.4 Å². The highest BCUT2D eigenvalue weighted by Crippen LogP contribution is 2.26. The molecule has 188 valence electrons. The standard InChI is InChI=1S/C27H33Cl2N3O3/c1-18(2)16-35-27(33)32-11-5-7-19(15-32)6-3-8-20-9-4-10-24-26(20)31-25(30-24)17-34-23-13-21(28)12-22(29)14-23/h4,9-10,12-14,18-19H,3,5-8,11,15-17H2,1-2H3,(H,30,31). The average Bonchev–Trinajstić information content (AvgIpc) is 3.25. The molecular formula is C27H33Cl2N3O3. The first kappa shape index (κ1) is 25.6. The average molecular weight is 518 g/mol. The minimum Gasteiger partial charge on any atom is -0.486 e. The molecule has 1 fully saturated rings. The number of hydrogen-bond acceptors (Lipinski definition) is 4. The lowest BCUT2D eigenvalue weighted by molar-refractivity contribution is 0.0747. The Morgan fingerprint density at radius 1 is 1.23 bits per heavy atom. The van der Waals surface area contributed by atoms with Gasteiger partial charge < -0.3 is 19.4 Å². The number of benzene rings is 2. The quantitative estimate of drug-likeness (QED) is 0.323. The van der Waals surface area contributed by atoms with Gasteiger partial charge in [0.25, 0.3) is 0 Å². The lowest BCUT2D eigenvalue weighted by Crippen LogP contribution is -2.40. The predicted molar refractivity (Wildman–Crippen MR) is 140 cm³/mol. The van der Waals surface area contributed by atoms with E-state index in [1.54, 1.807) is 18.2 Å². The first-order valence-corrected chi connectivity index (χ1v) is 13.1. The van der Waals surface area contributed by atoms with Crippen molar-refractivity contribution in [2.24, 2.45) is 11.8 Å². The lowest BCUT2D eigenvalue weighted by Gasteiger charge is -2.32. The van der Waals surface area contributed by atoms with Crippen molar-refractivity contribution in [3.05, 3.63) is 57.8 Å². The molecule has 0 spiro atoms. The number of H-pyrrole nitrogens is 1. The number of imidazole rings is 1. The third-order valence-corrected chi connectivity index (χ3v) is 6.67. The second-order valence-corrected chi connectivity index (χ2v) is 10.6. The molecule has 0 saturated carbocycles. The van der Waals surface area contributed by atoms with Crippen LogP contribution in [0.3, 0.4) is 0 Å². The van der Waals surface area contributed by atoms with E-state index in [1.807, 2.05) is 11.0 Å². The van der Waals surface area contributed by atoms with Gasteiger partial charge >= 0.3 is 6.09 Å². The van der Waals surface area contributed by atoms with Gasteiger partial charge in [0.15, 0.2) is 0 Å². The smallest absolute Gasteiger partial charge is 0.409 e. The summed E-state index contributed by atoms with van der Waals surface area (Å²) in [4.78, 5) is 22.4. The second-order valence-electron chi connectivity index (χ2n) is 9.71. The molecule has 35 heavy (non-hydrogen) atoms. The van der Waals surface area contributed by atoms with Crippen molar-refractivity contribution < 1.29 is 14.3 Å². The zero-order chi connectivity index (χ0) is 24.8. The Balaban J connectivity index is 1.30. The number of aryl methyl sites for hydroxylation is 1. The highest BCUT2D eigenvalue weighted by atomic mass is 35.5. The van der Waals surface area contributed by atoms with Crippen LogP contribution in [0.1, 0.15) is 50.9 Å². The summed E-state index contributed by atoms with van der Waals surface area (Å²) in [6, 6.07) is 11.4. The number of aromatic amines is 1. The van der Waals surface area contributed by atoms with Crippen LogP contribution in [0.2, 0.25) is 10.0 Å². The molecule has 1 atom stereocenters. The van der Waals surface area contributed by atoms with Crippen molar-refractivity contribution >= 4 is 40.3 Å². The zero-order valence-corrected chi connectivity index (χ0v) is 21.9. The first-order valence-electron chi connectivity index (χ1n) is 12.3. The van der Waals surface area contributed by atoms with Gasteiger partial charge in [0.05, 0.1) is 17.6 Å². The molecule has 1 aliphatic heterocycles. The number of likely N-dealkylation sites (tertiary alicyclic amines) is 1. The molecule has 4 rings (SSSR count). The molecule has 1 N–H and O–H groups in total. The normalized spacial score (nSPS) is 16.1. The number of hydrogen-bond donors (Lipinski definition) is 1. The molecule has 1 saturated heterocycles. The molecule has 0 aliphatic carbocycles. The van der Waals surface area contributed by atoms with Crippen LogP contribution < -0.4 is 4.74 Å². The summed E-state index contributed by atoms with van der Waals surface area (Å²) in [5, 5.41) is 1.07. The maximum atomic E-state index is 12.3. The Morgan fingerprint density at radius 2 is 2.03 bits per heavy atom. The minimum atomic E-state index is -0.167. The lowest BCUT2D eigenvalue weighted by atomic mass is 9.92. The van der Waals surface area contributed by atoms with E-state index in [4.69, 9.17) is 37.7 Å². The van der Waals surface area contributed by atoms with Crippen molar-refractivity contribution in [3.63, 3.8) is 0 Å². The number of ether oxygens (including phenoxy) is 2. The fraction of sp³-hybridized carbons (Fsp3) is 0.481. The topological polar surface area (TPSA) is 67.5 Å². The van der Waals surface area contributed by atoms with E-state index in [-0.39, 0.29) is 6.09 Å². The number of fused-ring (bicyclic) bond motifs is 1. The van der Waals surface area contributed by atoms with E-state index in [9.17, 15) is 4.79 Å². The Hall–Kier alpha value is -2.44. The number of piperidine rings is 1. The van der Waals surface area contributed by atoms with E-state index in [1.165, 1.54) is 5.56 Å². The predicted octanol–water partition coefficient (Wildman–Crippen LogP) is 7.28. The minimum absolute atomic E-state index is 0.167. The summed E-state index contributed by atoms with van der Waals surface area (Å²) in [5.74, 6) is 2.23. The second kappa shape index (κ2) is 12.0. The van der Waals surface area contributed by atoms with Crippen molar-refractivity contribution in [2.75, 3.05) is 19.7 Å². The number of nitrogens with zero attached hydrogens (tertiary/aromatic N) is 2. The number of carbonyl (C=O) groups is 1. The summed E-state index contributed by atoms with van der Waals surface area (Å²) in [6.45, 7) is 6.48. The summed E-state index contributed by atoms with van der Waals surface area (Å²) in [7, 11) is 0. The summed E-state index contributed by atoms with van der Waals surface area (Å²) in [5.41, 5.74) is 3.21. The van der Waals surface area contributed by atoms with E-state index in [0.717, 1.165) is 62.1 Å². The fourth-order valence-electron chi connectivity index (χ4n) is 4.55. The zero-order valence-electron chi connectivity index (χ0n) is 20.4. The molecule has 1 aliphatic rings. The Kier molecular flexibility index (Phi) is 8.79. The van der Waals surface area contributed by atoms with Gasteiger partial charge in [0.2, 0.25) is 0 Å². The molecule has 8 heteroatoms. The molecule has 1 unspecified atom stereocenters. The number of nitrogens with one attached hydrogen (secondary N) is 1. The van der Waals surface area contributed by atoms with Crippen molar-refractivity contribution in [1.82, 2.24) is 14.9 Å². The first-order chi connectivity index (χ1) is 16.9. The summed E-state index contributed by atoms with van der Waals surface area (Å²) in [6.07, 6.45) is 5.12. The number of halogens is 2. The number of amides is 1. The largest absolute Gasteiger partial charge is 0.486 e. The number of carbonyl (C=O) groups excluding carboxylic acids is 1. The Morgan fingerprint density at radius 3 is 2.80 bits per heavy atom. The van der Waals surface area contributed by atoms with Crippen LogP contribution in [0.25, 0.3) is 11.0 Å². The van der Waals surface area contributed by atoms with Crippen molar-refractivity contribution in [1.29, 1.82) is 0 Å². The van der Waals surface area contributed by atoms with Gasteiger partial charge in [0, 0.05) is 23.1 Å². The van der Waals surface area contributed by atoms with Crippen LogP contribution >= 0.6 is 23.2 Å². The summed E-state index contributed by atoms with van der Waals surface area (Å²) >= 11 is 12.1. The number of aromatic nitrogens is 2. The molecule has 2 heterocycles. The highest BCUT2D eigenvalue weighted by molar-refractivity contribution is 6.34. The van der Waals surface area contributed by atoms with E-state index < -0.39 is 0 Å². The van der Waals surface area contributed by atoms with Gasteiger partial charge in [-0.05, 0) is 73.8 Å². The van der Waals surface area contributed by atoms with Gasteiger partial charge in [0.1, 0.15) is 18.2 Å². The van der Waals surface area contributed by atoms with Crippen molar-refractivity contribution in [3.8, 4) is 5.75 Å². The monoisotopic (exact) mass is 517 g/mol. The van der Waals surface area contributed by atoms with Gasteiger partial charge in [-0.2, -0.15) is 0 Å². The van der Waals surface area contributed by atoms with Crippen LogP contribution in [0.4, 0.5) is 4.79 Å². The molecule has 6 nitrogen and oxygen atoms in total. The fourth-order valence-corrected chi connectivity index (χ4v) is 5.06. The van der Waals surface area contributed by atoms with Crippen LogP contribution in [0.5, 0.6) is 5.75 Å². The summed E-state index contributed by atoms with van der Waals surface area (Å²) < 4.78 is 11.3. The van der Waals surface area contributed by atoms with Crippen LogP contribution in [-0.4, -0.2) is 40.7 Å². The highest BCUT2D eigenvalue weighted by Gasteiger charge is 2.24. The number of para-hydroxylation sites is 1. The molecule has 0 radical (unpaired) electrons. The molecule has 1 amide bonds. The van der Waals surface area contributed by atoms with Crippen LogP contribution in [0, 0.1) is 11.8 Å². The van der Waals surface area contributed by atoms with Crippen LogP contribution in [-0.2, 0) is 17.8 Å². The van der Waals surface area contributed by atoms with E-state index in [2.05, 4.69) is 31.0 Å². The van der Waals surface area contributed by atoms with Crippen molar-refractivity contribution in [2.45, 2.75) is 52.6 Å². The molecule has 0 bridgehead atoms. The van der Waals surface area contributed by atoms with Gasteiger partial charge in [-0.3, -0.25) is 0 Å². The van der Waals surface area contributed by atoms with Gasteiger partial charge in [-0.15, -0.1) is 0 Å². The molecule has 1 aromatic heterocycles.